The maximum atomic E-state index is 5.97. The van der Waals surface area contributed by atoms with E-state index in [9.17, 15) is 0 Å². The number of hydrogen-bond donors (Lipinski definition) is 1. The zero-order valence-corrected chi connectivity index (χ0v) is 12.6. The van der Waals surface area contributed by atoms with Gasteiger partial charge < -0.3 is 14.8 Å². The summed E-state index contributed by atoms with van der Waals surface area (Å²) in [5.41, 5.74) is 1.20. The molecule has 1 N–H and O–H groups in total. The summed E-state index contributed by atoms with van der Waals surface area (Å²) in [4.78, 5) is 0. The molecular formula is C16H27NO2. The van der Waals surface area contributed by atoms with Crippen LogP contribution in [0.2, 0.25) is 0 Å². The number of para-hydroxylation sites is 1. The highest BCUT2D eigenvalue weighted by molar-refractivity contribution is 5.31. The molecule has 0 heterocycles. The molecule has 0 radical (unpaired) electrons. The Balaban J connectivity index is 2.24. The van der Waals surface area contributed by atoms with E-state index in [0.717, 1.165) is 31.7 Å². The van der Waals surface area contributed by atoms with Crippen LogP contribution in [-0.2, 0) is 4.74 Å². The summed E-state index contributed by atoms with van der Waals surface area (Å²) in [6, 6.07) is 8.67. The van der Waals surface area contributed by atoms with Gasteiger partial charge in [-0.15, -0.1) is 0 Å². The second-order valence-corrected chi connectivity index (χ2v) is 5.12. The summed E-state index contributed by atoms with van der Waals surface area (Å²) in [6.07, 6.45) is 2.40. The fourth-order valence-electron chi connectivity index (χ4n) is 1.96. The summed E-state index contributed by atoms with van der Waals surface area (Å²) in [6.45, 7) is 8.09. The van der Waals surface area contributed by atoms with Gasteiger partial charge >= 0.3 is 0 Å². The second kappa shape index (κ2) is 8.94. The first-order valence-electron chi connectivity index (χ1n) is 7.08. The molecule has 0 fully saturated rings. The van der Waals surface area contributed by atoms with Gasteiger partial charge in [0.05, 0.1) is 12.7 Å². The van der Waals surface area contributed by atoms with Gasteiger partial charge in [0.15, 0.2) is 0 Å². The lowest BCUT2D eigenvalue weighted by atomic mass is 10.1. The Morgan fingerprint density at radius 2 is 1.89 bits per heavy atom. The Bertz CT molecular complexity index is 354. The molecule has 0 spiro atoms. The van der Waals surface area contributed by atoms with E-state index in [1.165, 1.54) is 5.56 Å². The van der Waals surface area contributed by atoms with Crippen LogP contribution in [0.25, 0.3) is 0 Å². The first-order valence-corrected chi connectivity index (χ1v) is 7.08. The number of aryl methyl sites for hydroxylation is 1. The monoisotopic (exact) mass is 265 g/mol. The van der Waals surface area contributed by atoms with E-state index in [2.05, 4.69) is 32.2 Å². The van der Waals surface area contributed by atoms with E-state index >= 15 is 0 Å². The number of hydrogen-bond acceptors (Lipinski definition) is 3. The number of nitrogens with one attached hydrogen (secondary N) is 1. The summed E-state index contributed by atoms with van der Waals surface area (Å²) in [5.74, 6) is 0.995. The molecule has 0 aliphatic carbocycles. The molecule has 1 aromatic carbocycles. The van der Waals surface area contributed by atoms with Crippen molar-refractivity contribution in [3.63, 3.8) is 0 Å². The molecule has 2 atom stereocenters. The minimum atomic E-state index is 0.243. The molecule has 3 heteroatoms. The minimum Gasteiger partial charge on any atom is -0.490 e. The van der Waals surface area contributed by atoms with Crippen LogP contribution in [0.15, 0.2) is 24.3 Å². The molecule has 0 saturated carbocycles. The van der Waals surface area contributed by atoms with E-state index in [0.29, 0.717) is 6.04 Å². The lowest BCUT2D eigenvalue weighted by Gasteiger charge is -2.19. The number of ether oxygens (including phenoxy) is 2. The zero-order chi connectivity index (χ0) is 14.1. The standard InChI is InChI=1S/C16H27NO2/c1-13-7-5-6-8-16(13)19-15(3)10-9-14(2)17-11-12-18-4/h5-8,14-15,17H,9-12H2,1-4H3/t14-,15+/m1/s1. The van der Waals surface area contributed by atoms with Gasteiger partial charge in [-0.2, -0.15) is 0 Å². The lowest BCUT2D eigenvalue weighted by Crippen LogP contribution is -2.30. The summed E-state index contributed by atoms with van der Waals surface area (Å²) in [5, 5.41) is 3.43. The molecule has 0 unspecified atom stereocenters. The normalized spacial score (nSPS) is 14.1. The van der Waals surface area contributed by atoms with Crippen LogP contribution in [0.1, 0.15) is 32.3 Å². The Labute approximate surface area is 117 Å². The van der Waals surface area contributed by atoms with Crippen molar-refractivity contribution in [3.8, 4) is 5.75 Å². The van der Waals surface area contributed by atoms with Crippen LogP contribution in [0.4, 0.5) is 0 Å². The first-order chi connectivity index (χ1) is 9.13. The largest absolute Gasteiger partial charge is 0.490 e. The third kappa shape index (κ3) is 6.60. The average molecular weight is 265 g/mol. The number of rotatable bonds is 9. The molecule has 0 amide bonds. The third-order valence-corrected chi connectivity index (χ3v) is 3.23. The predicted octanol–water partition coefficient (Wildman–Crippen LogP) is 3.17. The highest BCUT2D eigenvalue weighted by atomic mass is 16.5. The van der Waals surface area contributed by atoms with Crippen LogP contribution in [-0.4, -0.2) is 32.4 Å². The van der Waals surface area contributed by atoms with Crippen LogP contribution in [0, 0.1) is 6.92 Å². The van der Waals surface area contributed by atoms with Crippen molar-refractivity contribution in [3.05, 3.63) is 29.8 Å². The van der Waals surface area contributed by atoms with Crippen LogP contribution in [0.3, 0.4) is 0 Å². The second-order valence-electron chi connectivity index (χ2n) is 5.12. The molecule has 3 nitrogen and oxygen atoms in total. The third-order valence-electron chi connectivity index (χ3n) is 3.23. The van der Waals surface area contributed by atoms with Crippen molar-refractivity contribution < 1.29 is 9.47 Å². The number of methoxy groups -OCH3 is 1. The molecule has 1 rings (SSSR count). The van der Waals surface area contributed by atoms with Gasteiger partial charge in [0, 0.05) is 19.7 Å². The molecule has 1 aromatic rings. The summed E-state index contributed by atoms with van der Waals surface area (Å²) in [7, 11) is 1.73. The summed E-state index contributed by atoms with van der Waals surface area (Å²) >= 11 is 0. The van der Waals surface area contributed by atoms with Crippen molar-refractivity contribution in [2.24, 2.45) is 0 Å². The molecule has 108 valence electrons. The Morgan fingerprint density at radius 1 is 1.16 bits per heavy atom. The minimum absolute atomic E-state index is 0.243. The molecule has 0 aromatic heterocycles. The van der Waals surface area contributed by atoms with Crippen molar-refractivity contribution in [2.75, 3.05) is 20.3 Å². The highest BCUT2D eigenvalue weighted by Crippen LogP contribution is 2.19. The van der Waals surface area contributed by atoms with Crippen LogP contribution < -0.4 is 10.1 Å². The van der Waals surface area contributed by atoms with E-state index < -0.39 is 0 Å². The molecule has 0 aliphatic rings. The summed E-state index contributed by atoms with van der Waals surface area (Å²) < 4.78 is 11.0. The van der Waals surface area contributed by atoms with E-state index in [1.807, 2.05) is 18.2 Å². The Morgan fingerprint density at radius 3 is 2.58 bits per heavy atom. The molecule has 0 aliphatic heterocycles. The SMILES string of the molecule is COCCN[C@H](C)CC[C@H](C)Oc1ccccc1C. The maximum absolute atomic E-state index is 5.97. The molecular weight excluding hydrogens is 238 g/mol. The van der Waals surface area contributed by atoms with Gasteiger partial charge in [0.25, 0.3) is 0 Å². The quantitative estimate of drug-likeness (QED) is 0.696. The molecule has 0 bridgehead atoms. The van der Waals surface area contributed by atoms with Crippen LogP contribution in [0.5, 0.6) is 5.75 Å². The fraction of sp³-hybridized carbons (Fsp3) is 0.625. The average Bonchev–Trinajstić information content (AvgIpc) is 2.39. The van der Waals surface area contributed by atoms with Crippen molar-refractivity contribution in [2.45, 2.75) is 45.8 Å². The van der Waals surface area contributed by atoms with Crippen molar-refractivity contribution in [1.82, 2.24) is 5.32 Å². The van der Waals surface area contributed by atoms with Gasteiger partial charge in [-0.3, -0.25) is 0 Å². The Hall–Kier alpha value is -1.06. The van der Waals surface area contributed by atoms with E-state index in [-0.39, 0.29) is 6.10 Å². The smallest absolute Gasteiger partial charge is 0.122 e. The molecule has 0 saturated heterocycles. The topological polar surface area (TPSA) is 30.5 Å². The maximum Gasteiger partial charge on any atom is 0.122 e. The van der Waals surface area contributed by atoms with Gasteiger partial charge in [0.2, 0.25) is 0 Å². The highest BCUT2D eigenvalue weighted by Gasteiger charge is 2.08. The Kier molecular flexibility index (Phi) is 7.53. The van der Waals surface area contributed by atoms with Crippen molar-refractivity contribution in [1.29, 1.82) is 0 Å². The predicted molar refractivity (Wildman–Crippen MR) is 79.8 cm³/mol. The molecule has 19 heavy (non-hydrogen) atoms. The van der Waals surface area contributed by atoms with E-state index in [4.69, 9.17) is 9.47 Å². The first kappa shape index (κ1) is 16.0. The van der Waals surface area contributed by atoms with Gasteiger partial charge in [-0.25, -0.2) is 0 Å². The van der Waals surface area contributed by atoms with Crippen molar-refractivity contribution >= 4 is 0 Å². The number of benzene rings is 1. The van der Waals surface area contributed by atoms with Gasteiger partial charge in [-0.1, -0.05) is 18.2 Å². The fourth-order valence-corrected chi connectivity index (χ4v) is 1.96. The van der Waals surface area contributed by atoms with Crippen LogP contribution >= 0.6 is 0 Å². The lowest BCUT2D eigenvalue weighted by molar-refractivity contribution is 0.187. The van der Waals surface area contributed by atoms with E-state index in [1.54, 1.807) is 7.11 Å². The van der Waals surface area contributed by atoms with Gasteiger partial charge in [0.1, 0.15) is 5.75 Å². The van der Waals surface area contributed by atoms with Gasteiger partial charge in [-0.05, 0) is 45.2 Å². The zero-order valence-electron chi connectivity index (χ0n) is 12.6.